The molecular formula is C25H31N5O2S. The number of hydrogen-bond acceptors (Lipinski definition) is 5. The van der Waals surface area contributed by atoms with Gasteiger partial charge in [-0.05, 0) is 56.0 Å². The van der Waals surface area contributed by atoms with Crippen molar-refractivity contribution in [2.24, 2.45) is 0 Å². The van der Waals surface area contributed by atoms with Crippen LogP contribution in [0.3, 0.4) is 0 Å². The fourth-order valence-corrected chi connectivity index (χ4v) is 4.27. The molecule has 174 valence electrons. The minimum Gasteiger partial charge on any atom is -0.325 e. The second kappa shape index (κ2) is 11.1. The molecule has 2 aromatic carbocycles. The molecule has 0 saturated heterocycles. The molecule has 0 spiro atoms. The number of anilines is 2. The number of rotatable bonds is 9. The van der Waals surface area contributed by atoms with Crippen molar-refractivity contribution in [2.75, 3.05) is 16.4 Å². The Balaban J connectivity index is 1.57. The third kappa shape index (κ3) is 6.68. The highest BCUT2D eigenvalue weighted by Crippen LogP contribution is 2.21. The van der Waals surface area contributed by atoms with E-state index in [0.29, 0.717) is 23.4 Å². The first-order valence-corrected chi connectivity index (χ1v) is 12.1. The highest BCUT2D eigenvalue weighted by atomic mass is 32.2. The van der Waals surface area contributed by atoms with E-state index in [9.17, 15) is 9.59 Å². The molecule has 3 rings (SSSR count). The Bertz CT molecular complexity index is 1120. The van der Waals surface area contributed by atoms with Crippen LogP contribution in [0.25, 0.3) is 0 Å². The van der Waals surface area contributed by atoms with Gasteiger partial charge in [-0.3, -0.25) is 9.59 Å². The summed E-state index contributed by atoms with van der Waals surface area (Å²) >= 11 is 1.31. The maximum absolute atomic E-state index is 12.6. The SMILES string of the molecule is CCn1c(CC(=O)Nc2ccc(C)cc2C)nnc1SCC(=O)Nc1ccc(C(C)C)cc1. The number of benzene rings is 2. The van der Waals surface area contributed by atoms with Crippen molar-refractivity contribution >= 4 is 35.0 Å². The van der Waals surface area contributed by atoms with Crippen molar-refractivity contribution < 1.29 is 9.59 Å². The van der Waals surface area contributed by atoms with Crippen LogP contribution in [0.5, 0.6) is 0 Å². The van der Waals surface area contributed by atoms with Gasteiger partial charge in [-0.1, -0.05) is 55.4 Å². The van der Waals surface area contributed by atoms with Gasteiger partial charge in [0, 0.05) is 17.9 Å². The monoisotopic (exact) mass is 465 g/mol. The van der Waals surface area contributed by atoms with Gasteiger partial charge in [-0.2, -0.15) is 0 Å². The lowest BCUT2D eigenvalue weighted by Crippen LogP contribution is -2.18. The molecule has 8 heteroatoms. The van der Waals surface area contributed by atoms with Gasteiger partial charge in [0.15, 0.2) is 5.16 Å². The van der Waals surface area contributed by atoms with Crippen molar-refractivity contribution in [2.45, 2.75) is 58.7 Å². The normalized spacial score (nSPS) is 11.0. The highest BCUT2D eigenvalue weighted by Gasteiger charge is 2.16. The van der Waals surface area contributed by atoms with Crippen molar-refractivity contribution in [3.63, 3.8) is 0 Å². The number of carbonyl (C=O) groups is 2. The molecule has 0 aliphatic heterocycles. The number of aromatic nitrogens is 3. The fraction of sp³-hybridized carbons (Fsp3) is 0.360. The number of carbonyl (C=O) groups excluding carboxylic acids is 2. The number of thioether (sulfide) groups is 1. The topological polar surface area (TPSA) is 88.9 Å². The lowest BCUT2D eigenvalue weighted by Gasteiger charge is -2.10. The zero-order valence-electron chi connectivity index (χ0n) is 19.8. The summed E-state index contributed by atoms with van der Waals surface area (Å²) in [5, 5.41) is 14.9. The molecule has 2 N–H and O–H groups in total. The standard InChI is InChI=1S/C25H31N5O2S/c1-6-30-22(14-23(31)27-21-12-7-17(4)13-18(21)5)28-29-25(30)33-15-24(32)26-20-10-8-19(9-11-20)16(2)3/h7-13,16H,6,14-15H2,1-5H3,(H,26,32)(H,27,31). The first-order valence-electron chi connectivity index (χ1n) is 11.1. The number of nitrogens with zero attached hydrogens (tertiary/aromatic N) is 3. The number of aryl methyl sites for hydroxylation is 2. The fourth-order valence-electron chi connectivity index (χ4n) is 3.44. The van der Waals surface area contributed by atoms with Gasteiger partial charge in [-0.15, -0.1) is 10.2 Å². The molecule has 3 aromatic rings. The molecule has 2 amide bonds. The summed E-state index contributed by atoms with van der Waals surface area (Å²) < 4.78 is 1.87. The number of hydrogen-bond donors (Lipinski definition) is 2. The Hall–Kier alpha value is -3.13. The van der Waals surface area contributed by atoms with Gasteiger partial charge in [0.05, 0.1) is 12.2 Å². The van der Waals surface area contributed by atoms with E-state index in [1.54, 1.807) is 0 Å². The van der Waals surface area contributed by atoms with Crippen LogP contribution in [-0.4, -0.2) is 32.3 Å². The summed E-state index contributed by atoms with van der Waals surface area (Å²) in [6.07, 6.45) is 0.114. The molecule has 0 bridgehead atoms. The zero-order chi connectivity index (χ0) is 24.0. The summed E-state index contributed by atoms with van der Waals surface area (Å²) in [5.41, 5.74) is 4.95. The van der Waals surface area contributed by atoms with Gasteiger partial charge in [0.25, 0.3) is 0 Å². The molecule has 0 aliphatic carbocycles. The first kappa shape index (κ1) is 24.5. The second-order valence-electron chi connectivity index (χ2n) is 8.30. The van der Waals surface area contributed by atoms with Gasteiger partial charge < -0.3 is 15.2 Å². The Morgan fingerprint density at radius 1 is 1.00 bits per heavy atom. The summed E-state index contributed by atoms with van der Waals surface area (Å²) in [6, 6.07) is 13.8. The second-order valence-corrected chi connectivity index (χ2v) is 9.24. The van der Waals surface area contributed by atoms with Gasteiger partial charge in [0.2, 0.25) is 11.8 Å². The predicted molar refractivity (Wildman–Crippen MR) is 134 cm³/mol. The average molecular weight is 466 g/mol. The van der Waals surface area contributed by atoms with Crippen molar-refractivity contribution in [3.05, 3.63) is 65.0 Å². The number of nitrogens with one attached hydrogen (secondary N) is 2. The molecule has 0 unspecified atom stereocenters. The van der Waals surface area contributed by atoms with Gasteiger partial charge in [0.1, 0.15) is 5.82 Å². The molecule has 0 saturated carbocycles. The highest BCUT2D eigenvalue weighted by molar-refractivity contribution is 7.99. The van der Waals surface area contributed by atoms with Crippen LogP contribution in [0.15, 0.2) is 47.6 Å². The maximum atomic E-state index is 12.6. The lowest BCUT2D eigenvalue weighted by atomic mass is 10.0. The third-order valence-corrected chi connectivity index (χ3v) is 6.24. The van der Waals surface area contributed by atoms with E-state index in [-0.39, 0.29) is 24.0 Å². The first-order chi connectivity index (χ1) is 15.8. The van der Waals surface area contributed by atoms with Crippen molar-refractivity contribution in [1.29, 1.82) is 0 Å². The van der Waals surface area contributed by atoms with Crippen LogP contribution >= 0.6 is 11.8 Å². The maximum Gasteiger partial charge on any atom is 0.234 e. The zero-order valence-corrected chi connectivity index (χ0v) is 20.6. The molecule has 1 aromatic heterocycles. The number of amides is 2. The van der Waals surface area contributed by atoms with E-state index in [4.69, 9.17) is 0 Å². The Morgan fingerprint density at radius 2 is 1.73 bits per heavy atom. The summed E-state index contributed by atoms with van der Waals surface area (Å²) in [4.78, 5) is 25.0. The van der Waals surface area contributed by atoms with Crippen LogP contribution in [-0.2, 0) is 22.6 Å². The molecule has 0 radical (unpaired) electrons. The molecule has 0 atom stereocenters. The van der Waals surface area contributed by atoms with Crippen molar-refractivity contribution in [1.82, 2.24) is 14.8 Å². The molecule has 0 fully saturated rings. The van der Waals surface area contributed by atoms with E-state index < -0.39 is 0 Å². The molecule has 1 heterocycles. The van der Waals surface area contributed by atoms with E-state index >= 15 is 0 Å². The lowest BCUT2D eigenvalue weighted by molar-refractivity contribution is -0.116. The van der Waals surface area contributed by atoms with Gasteiger partial charge >= 0.3 is 0 Å². The Labute approximate surface area is 199 Å². The van der Waals surface area contributed by atoms with E-state index in [1.807, 2.05) is 67.8 Å². The van der Waals surface area contributed by atoms with E-state index in [2.05, 4.69) is 34.7 Å². The van der Waals surface area contributed by atoms with Crippen LogP contribution in [0.4, 0.5) is 11.4 Å². The average Bonchev–Trinajstić information content (AvgIpc) is 3.15. The van der Waals surface area contributed by atoms with Gasteiger partial charge in [-0.25, -0.2) is 0 Å². The minimum absolute atomic E-state index is 0.114. The van der Waals surface area contributed by atoms with E-state index in [1.165, 1.54) is 17.3 Å². The predicted octanol–water partition coefficient (Wildman–Crippen LogP) is 4.95. The summed E-state index contributed by atoms with van der Waals surface area (Å²) in [6.45, 7) is 10.8. The van der Waals surface area contributed by atoms with Crippen LogP contribution in [0.2, 0.25) is 0 Å². The minimum atomic E-state index is -0.150. The molecule has 7 nitrogen and oxygen atoms in total. The van der Waals surface area contributed by atoms with Crippen LogP contribution in [0.1, 0.15) is 49.2 Å². The van der Waals surface area contributed by atoms with Crippen LogP contribution < -0.4 is 10.6 Å². The molecule has 33 heavy (non-hydrogen) atoms. The van der Waals surface area contributed by atoms with Crippen LogP contribution in [0, 0.1) is 13.8 Å². The Morgan fingerprint density at radius 3 is 2.36 bits per heavy atom. The Kier molecular flexibility index (Phi) is 8.27. The third-order valence-electron chi connectivity index (χ3n) is 5.28. The van der Waals surface area contributed by atoms with E-state index in [0.717, 1.165) is 22.5 Å². The largest absolute Gasteiger partial charge is 0.325 e. The summed E-state index contributed by atoms with van der Waals surface area (Å²) in [5.74, 6) is 0.967. The van der Waals surface area contributed by atoms with Crippen molar-refractivity contribution in [3.8, 4) is 0 Å². The molecular weight excluding hydrogens is 434 g/mol. The molecule has 0 aliphatic rings. The quantitative estimate of drug-likeness (QED) is 0.437. The smallest absolute Gasteiger partial charge is 0.234 e. The summed E-state index contributed by atoms with van der Waals surface area (Å²) in [7, 11) is 0.